The number of nitrogens with zero attached hydrogens (tertiary/aromatic N) is 2. The van der Waals surface area contributed by atoms with Crippen LogP contribution in [0.2, 0.25) is 0 Å². The normalized spacial score (nSPS) is 14.0. The summed E-state index contributed by atoms with van der Waals surface area (Å²) in [6.07, 6.45) is 5.74. The molecule has 1 saturated carbocycles. The average Bonchev–Trinajstić information content (AvgIpc) is 3.29. The molecule has 0 bridgehead atoms. The van der Waals surface area contributed by atoms with Crippen LogP contribution in [0.1, 0.15) is 28.8 Å². The van der Waals surface area contributed by atoms with Crippen LogP contribution in [0.4, 0.5) is 0 Å². The fraction of sp³-hybridized carbons (Fsp3) is 0.250. The Labute approximate surface area is 140 Å². The molecule has 108 valence electrons. The van der Waals surface area contributed by atoms with Gasteiger partial charge in [0.05, 0.1) is 0 Å². The van der Waals surface area contributed by atoms with Gasteiger partial charge >= 0.3 is 0 Å². The first kappa shape index (κ1) is 14.7. The van der Waals surface area contributed by atoms with Crippen molar-refractivity contribution in [2.45, 2.75) is 25.4 Å². The molecule has 3 nitrogen and oxygen atoms in total. The van der Waals surface area contributed by atoms with E-state index >= 15 is 0 Å². The molecule has 0 N–H and O–H groups in total. The quantitative estimate of drug-likeness (QED) is 0.749. The summed E-state index contributed by atoms with van der Waals surface area (Å²) < 4.78 is 1.80. The van der Waals surface area contributed by atoms with Crippen LogP contribution in [0.5, 0.6) is 0 Å². The molecule has 1 heterocycles. The molecule has 1 aliphatic rings. The first-order valence-electron chi connectivity index (χ1n) is 6.79. The van der Waals surface area contributed by atoms with E-state index in [1.165, 1.54) is 0 Å². The summed E-state index contributed by atoms with van der Waals surface area (Å²) in [7, 11) is 0. The number of pyridine rings is 1. The summed E-state index contributed by atoms with van der Waals surface area (Å²) in [5.41, 5.74) is 1.76. The Bertz CT molecular complexity index is 636. The zero-order chi connectivity index (χ0) is 14.8. The lowest BCUT2D eigenvalue weighted by Crippen LogP contribution is -2.32. The van der Waals surface area contributed by atoms with Gasteiger partial charge in [0.1, 0.15) is 0 Å². The maximum atomic E-state index is 12.8. The van der Waals surface area contributed by atoms with Crippen molar-refractivity contribution in [3.8, 4) is 0 Å². The highest BCUT2D eigenvalue weighted by molar-refractivity contribution is 9.11. The Balaban J connectivity index is 1.85. The van der Waals surface area contributed by atoms with Crippen LogP contribution in [0.25, 0.3) is 0 Å². The van der Waals surface area contributed by atoms with Gasteiger partial charge in [-0.3, -0.25) is 9.78 Å². The Morgan fingerprint density at radius 2 is 1.95 bits per heavy atom. The van der Waals surface area contributed by atoms with Crippen molar-refractivity contribution in [1.82, 2.24) is 9.88 Å². The zero-order valence-corrected chi connectivity index (χ0v) is 14.5. The highest BCUT2D eigenvalue weighted by atomic mass is 79.9. The van der Waals surface area contributed by atoms with Gasteiger partial charge in [-0.2, -0.15) is 0 Å². The fourth-order valence-corrected chi connectivity index (χ4v) is 3.58. The van der Waals surface area contributed by atoms with Gasteiger partial charge in [0, 0.05) is 39.5 Å². The molecule has 0 atom stereocenters. The van der Waals surface area contributed by atoms with Crippen LogP contribution in [0, 0.1) is 0 Å². The van der Waals surface area contributed by atoms with Crippen molar-refractivity contribution in [2.24, 2.45) is 0 Å². The summed E-state index contributed by atoms with van der Waals surface area (Å²) in [6, 6.07) is 9.93. The smallest absolute Gasteiger partial charge is 0.254 e. The number of amides is 1. The average molecular weight is 410 g/mol. The van der Waals surface area contributed by atoms with E-state index in [4.69, 9.17) is 0 Å². The van der Waals surface area contributed by atoms with Crippen molar-refractivity contribution in [2.75, 3.05) is 0 Å². The summed E-state index contributed by atoms with van der Waals surface area (Å²) >= 11 is 6.88. The third kappa shape index (κ3) is 3.71. The maximum absolute atomic E-state index is 12.8. The zero-order valence-electron chi connectivity index (χ0n) is 11.3. The third-order valence-corrected chi connectivity index (χ3v) is 4.35. The van der Waals surface area contributed by atoms with Gasteiger partial charge in [-0.05, 0) is 42.7 Å². The van der Waals surface area contributed by atoms with Gasteiger partial charge in [0.25, 0.3) is 5.91 Å². The minimum atomic E-state index is 0.0725. The number of carbonyl (C=O) groups excluding carboxylic acids is 1. The minimum absolute atomic E-state index is 0.0725. The first-order valence-corrected chi connectivity index (χ1v) is 8.38. The highest BCUT2D eigenvalue weighted by Gasteiger charge is 2.33. The van der Waals surface area contributed by atoms with Crippen molar-refractivity contribution < 1.29 is 4.79 Å². The van der Waals surface area contributed by atoms with Crippen molar-refractivity contribution in [3.63, 3.8) is 0 Å². The van der Waals surface area contributed by atoms with Crippen LogP contribution in [-0.2, 0) is 6.54 Å². The molecule has 0 radical (unpaired) electrons. The molecular weight excluding hydrogens is 396 g/mol. The number of hydrogen-bond donors (Lipinski definition) is 0. The Morgan fingerprint density at radius 3 is 2.52 bits per heavy atom. The van der Waals surface area contributed by atoms with E-state index in [-0.39, 0.29) is 5.91 Å². The van der Waals surface area contributed by atoms with Gasteiger partial charge in [0.2, 0.25) is 0 Å². The fourth-order valence-electron chi connectivity index (χ4n) is 2.28. The molecule has 0 saturated heterocycles. The molecule has 0 spiro atoms. The Hall–Kier alpha value is -1.20. The molecule has 1 aliphatic carbocycles. The molecule has 1 aromatic heterocycles. The van der Waals surface area contributed by atoms with E-state index < -0.39 is 0 Å². The molecule has 1 fully saturated rings. The van der Waals surface area contributed by atoms with E-state index in [1.54, 1.807) is 6.20 Å². The maximum Gasteiger partial charge on any atom is 0.254 e. The molecular formula is C16H14Br2N2O. The minimum Gasteiger partial charge on any atom is -0.331 e. The van der Waals surface area contributed by atoms with E-state index in [0.717, 1.165) is 27.4 Å². The predicted octanol–water partition coefficient (Wildman–Crippen LogP) is 4.41. The van der Waals surface area contributed by atoms with Crippen molar-refractivity contribution >= 4 is 37.8 Å². The molecule has 5 heteroatoms. The van der Waals surface area contributed by atoms with E-state index in [9.17, 15) is 4.79 Å². The number of hydrogen-bond acceptors (Lipinski definition) is 2. The largest absolute Gasteiger partial charge is 0.331 e. The van der Waals surface area contributed by atoms with Gasteiger partial charge in [0.15, 0.2) is 0 Å². The molecule has 1 aromatic carbocycles. The lowest BCUT2D eigenvalue weighted by Gasteiger charge is -2.22. The lowest BCUT2D eigenvalue weighted by atomic mass is 10.1. The van der Waals surface area contributed by atoms with Crippen LogP contribution in [0.15, 0.2) is 51.7 Å². The van der Waals surface area contributed by atoms with Crippen LogP contribution < -0.4 is 0 Å². The van der Waals surface area contributed by atoms with Crippen molar-refractivity contribution in [3.05, 3.63) is 62.8 Å². The second-order valence-corrected chi connectivity index (χ2v) is 7.01. The summed E-state index contributed by atoms with van der Waals surface area (Å²) in [5, 5.41) is 0. The number of rotatable bonds is 4. The standard InChI is InChI=1S/C16H14Br2N2O/c17-13-6-12(7-14(18)8-13)16(21)20(15-3-4-15)10-11-2-1-5-19-9-11/h1-2,5-9,15H,3-4,10H2. The molecule has 21 heavy (non-hydrogen) atoms. The van der Waals surface area contributed by atoms with Crippen LogP contribution >= 0.6 is 31.9 Å². The van der Waals surface area contributed by atoms with Crippen LogP contribution in [-0.4, -0.2) is 21.8 Å². The monoisotopic (exact) mass is 408 g/mol. The second-order valence-electron chi connectivity index (χ2n) is 5.18. The number of carbonyl (C=O) groups is 1. The Kier molecular flexibility index (Phi) is 4.40. The van der Waals surface area contributed by atoms with Gasteiger partial charge in [-0.1, -0.05) is 37.9 Å². The summed E-state index contributed by atoms with van der Waals surface area (Å²) in [4.78, 5) is 18.9. The summed E-state index contributed by atoms with van der Waals surface area (Å²) in [5.74, 6) is 0.0725. The molecule has 2 aromatic rings. The van der Waals surface area contributed by atoms with E-state index in [0.29, 0.717) is 18.2 Å². The van der Waals surface area contributed by atoms with Crippen LogP contribution in [0.3, 0.4) is 0 Å². The van der Waals surface area contributed by atoms with Gasteiger partial charge in [-0.15, -0.1) is 0 Å². The first-order chi connectivity index (χ1) is 10.1. The predicted molar refractivity (Wildman–Crippen MR) is 89.0 cm³/mol. The second kappa shape index (κ2) is 6.28. The van der Waals surface area contributed by atoms with E-state index in [2.05, 4.69) is 36.8 Å². The van der Waals surface area contributed by atoms with E-state index in [1.807, 2.05) is 41.4 Å². The molecule has 0 unspecified atom stereocenters. The summed E-state index contributed by atoms with van der Waals surface area (Å²) in [6.45, 7) is 0.613. The number of aromatic nitrogens is 1. The highest BCUT2D eigenvalue weighted by Crippen LogP contribution is 2.31. The Morgan fingerprint density at radius 1 is 1.24 bits per heavy atom. The lowest BCUT2D eigenvalue weighted by molar-refractivity contribution is 0.0729. The third-order valence-electron chi connectivity index (χ3n) is 3.43. The van der Waals surface area contributed by atoms with Crippen molar-refractivity contribution in [1.29, 1.82) is 0 Å². The molecule has 0 aliphatic heterocycles. The molecule has 3 rings (SSSR count). The van der Waals surface area contributed by atoms with Gasteiger partial charge in [-0.25, -0.2) is 0 Å². The van der Waals surface area contributed by atoms with Gasteiger partial charge < -0.3 is 4.90 Å². The molecule has 1 amide bonds. The topological polar surface area (TPSA) is 33.2 Å². The SMILES string of the molecule is O=C(c1cc(Br)cc(Br)c1)N(Cc1cccnc1)C1CC1. The number of halogens is 2. The number of benzene rings is 1.